The molecule has 3 rings (SSSR count). The summed E-state index contributed by atoms with van der Waals surface area (Å²) in [5.74, 6) is 0.707. The summed E-state index contributed by atoms with van der Waals surface area (Å²) < 4.78 is 2.04. The van der Waals surface area contributed by atoms with E-state index in [0.29, 0.717) is 12.0 Å². The summed E-state index contributed by atoms with van der Waals surface area (Å²) in [5, 5.41) is 0. The number of likely N-dealkylation sites (N-methyl/N-ethyl adjacent to an activating group) is 1. The van der Waals surface area contributed by atoms with Crippen LogP contribution in [0.15, 0.2) is 55.1 Å². The lowest BCUT2D eigenvalue weighted by Gasteiger charge is -2.25. The highest BCUT2D eigenvalue weighted by atomic mass is 15.2. The summed E-state index contributed by atoms with van der Waals surface area (Å²) in [6.07, 6.45) is 8.35. The molecule has 5 heteroatoms. The second-order valence-corrected chi connectivity index (χ2v) is 6.21. The van der Waals surface area contributed by atoms with Crippen LogP contribution in [0.1, 0.15) is 23.9 Å². The molecule has 24 heavy (non-hydrogen) atoms. The van der Waals surface area contributed by atoms with Gasteiger partial charge in [-0.15, -0.1) is 0 Å². The molecule has 0 amide bonds. The van der Waals surface area contributed by atoms with Gasteiger partial charge in [0, 0.05) is 55.2 Å². The van der Waals surface area contributed by atoms with Crippen molar-refractivity contribution >= 4 is 0 Å². The fourth-order valence-electron chi connectivity index (χ4n) is 2.74. The Balaban J connectivity index is 1.69. The summed E-state index contributed by atoms with van der Waals surface area (Å²) in [5.41, 5.74) is 3.56. The molecule has 0 unspecified atom stereocenters. The number of hydrogen-bond donors (Lipinski definition) is 0. The van der Waals surface area contributed by atoms with Crippen LogP contribution >= 0.6 is 0 Å². The Kier molecular flexibility index (Phi) is 5.01. The van der Waals surface area contributed by atoms with Gasteiger partial charge in [0.05, 0.1) is 0 Å². The summed E-state index contributed by atoms with van der Waals surface area (Å²) in [6.45, 7) is 5.17. The van der Waals surface area contributed by atoms with E-state index in [1.807, 2.05) is 35.2 Å². The van der Waals surface area contributed by atoms with Gasteiger partial charge in [-0.3, -0.25) is 14.5 Å². The highest BCUT2D eigenvalue weighted by Gasteiger charge is 2.14. The van der Waals surface area contributed by atoms with Gasteiger partial charge in [0.1, 0.15) is 0 Å². The fraction of sp³-hybridized carbons (Fsp3) is 0.316. The van der Waals surface area contributed by atoms with Crippen LogP contribution in [0.2, 0.25) is 0 Å². The number of rotatable bonds is 6. The molecule has 0 aromatic carbocycles. The molecular weight excluding hydrogens is 298 g/mol. The predicted molar refractivity (Wildman–Crippen MR) is 95.0 cm³/mol. The smallest absolute Gasteiger partial charge is 0.233 e. The van der Waals surface area contributed by atoms with Crippen LogP contribution in [0.5, 0.6) is 0 Å². The van der Waals surface area contributed by atoms with Gasteiger partial charge in [0.2, 0.25) is 5.95 Å². The van der Waals surface area contributed by atoms with E-state index in [-0.39, 0.29) is 0 Å². The summed E-state index contributed by atoms with van der Waals surface area (Å²) in [7, 11) is 2.14. The van der Waals surface area contributed by atoms with E-state index >= 15 is 0 Å². The molecule has 0 spiro atoms. The third kappa shape index (κ3) is 3.86. The zero-order valence-corrected chi connectivity index (χ0v) is 14.4. The Bertz CT molecular complexity index is 781. The van der Waals surface area contributed by atoms with Gasteiger partial charge >= 0.3 is 0 Å². The van der Waals surface area contributed by atoms with Crippen molar-refractivity contribution in [3.63, 3.8) is 0 Å². The van der Waals surface area contributed by atoms with E-state index in [2.05, 4.69) is 52.9 Å². The van der Waals surface area contributed by atoms with Crippen LogP contribution in [-0.2, 0) is 13.0 Å². The van der Waals surface area contributed by atoms with Crippen LogP contribution in [0.25, 0.3) is 5.95 Å². The van der Waals surface area contributed by atoms with Gasteiger partial charge in [-0.05, 0) is 56.8 Å². The van der Waals surface area contributed by atoms with Crippen molar-refractivity contribution < 1.29 is 0 Å². The first-order valence-electron chi connectivity index (χ1n) is 8.19. The molecule has 3 aromatic heterocycles. The molecule has 3 aromatic rings. The van der Waals surface area contributed by atoms with Gasteiger partial charge in [0.25, 0.3) is 0 Å². The fourth-order valence-corrected chi connectivity index (χ4v) is 2.74. The number of aryl methyl sites for hydroxylation is 1. The van der Waals surface area contributed by atoms with E-state index in [4.69, 9.17) is 0 Å². The average molecular weight is 321 g/mol. The number of hydrogen-bond acceptors (Lipinski definition) is 4. The van der Waals surface area contributed by atoms with Crippen molar-refractivity contribution in [1.29, 1.82) is 0 Å². The van der Waals surface area contributed by atoms with Crippen molar-refractivity contribution in [2.75, 3.05) is 7.05 Å². The van der Waals surface area contributed by atoms with E-state index in [9.17, 15) is 0 Å². The quantitative estimate of drug-likeness (QED) is 0.700. The molecule has 0 saturated carbocycles. The Morgan fingerprint density at radius 3 is 2.62 bits per heavy atom. The maximum Gasteiger partial charge on any atom is 0.233 e. The summed E-state index contributed by atoms with van der Waals surface area (Å²) in [4.78, 5) is 15.5. The minimum absolute atomic E-state index is 0.388. The lowest BCUT2D eigenvalue weighted by molar-refractivity contribution is 0.242. The summed E-state index contributed by atoms with van der Waals surface area (Å²) in [6, 6.07) is 10.6. The molecule has 5 nitrogen and oxygen atoms in total. The second-order valence-electron chi connectivity index (χ2n) is 6.21. The Hall–Kier alpha value is -2.53. The first kappa shape index (κ1) is 16.3. The zero-order valence-electron chi connectivity index (χ0n) is 14.4. The molecule has 0 aliphatic rings. The van der Waals surface area contributed by atoms with E-state index in [1.165, 1.54) is 11.3 Å². The molecule has 0 aliphatic heterocycles. The highest BCUT2D eigenvalue weighted by Crippen LogP contribution is 2.13. The molecule has 0 radical (unpaired) electrons. The van der Waals surface area contributed by atoms with Gasteiger partial charge in [-0.2, -0.15) is 0 Å². The molecule has 0 bridgehead atoms. The maximum atomic E-state index is 4.47. The van der Waals surface area contributed by atoms with Crippen LogP contribution in [0, 0.1) is 6.92 Å². The SMILES string of the molecule is Cc1ccnc(C[C@@H](C)N(C)Cc2cccn2-c2ncccn2)c1. The Labute approximate surface area is 143 Å². The van der Waals surface area contributed by atoms with Crippen LogP contribution in [0.4, 0.5) is 0 Å². The van der Waals surface area contributed by atoms with Gasteiger partial charge in [0.15, 0.2) is 0 Å². The summed E-state index contributed by atoms with van der Waals surface area (Å²) >= 11 is 0. The molecule has 0 N–H and O–H groups in total. The first-order chi connectivity index (χ1) is 11.6. The van der Waals surface area contributed by atoms with Crippen molar-refractivity contribution in [2.24, 2.45) is 0 Å². The molecule has 3 heterocycles. The number of nitrogens with zero attached hydrogens (tertiary/aromatic N) is 5. The minimum atomic E-state index is 0.388. The van der Waals surface area contributed by atoms with Crippen LogP contribution in [0.3, 0.4) is 0 Å². The van der Waals surface area contributed by atoms with Crippen LogP contribution in [-0.4, -0.2) is 37.5 Å². The third-order valence-corrected chi connectivity index (χ3v) is 4.24. The zero-order chi connectivity index (χ0) is 16.9. The number of aromatic nitrogens is 4. The lowest BCUT2D eigenvalue weighted by Crippen LogP contribution is -2.31. The first-order valence-corrected chi connectivity index (χ1v) is 8.19. The molecule has 0 aliphatic carbocycles. The van der Waals surface area contributed by atoms with Crippen molar-refractivity contribution in [3.8, 4) is 5.95 Å². The standard InChI is InChI=1S/C19H23N5/c1-15-7-10-20-17(12-15)13-16(2)23(3)14-18-6-4-11-24(18)19-21-8-5-9-22-19/h4-12,16H,13-14H2,1-3H3/t16-/m1/s1. The molecular formula is C19H23N5. The Morgan fingerprint density at radius 1 is 1.08 bits per heavy atom. The monoisotopic (exact) mass is 321 g/mol. The van der Waals surface area contributed by atoms with Crippen molar-refractivity contribution in [1.82, 2.24) is 24.4 Å². The molecule has 124 valence electrons. The van der Waals surface area contributed by atoms with Crippen molar-refractivity contribution in [3.05, 3.63) is 72.1 Å². The molecule has 0 saturated heterocycles. The largest absolute Gasteiger partial charge is 0.298 e. The van der Waals surface area contributed by atoms with Gasteiger partial charge in [-0.25, -0.2) is 9.97 Å². The topological polar surface area (TPSA) is 46.8 Å². The van der Waals surface area contributed by atoms with Crippen molar-refractivity contribution in [2.45, 2.75) is 32.9 Å². The lowest BCUT2D eigenvalue weighted by atomic mass is 10.1. The predicted octanol–water partition coefficient (Wildman–Crippen LogP) is 3.03. The molecule has 0 fully saturated rings. The Morgan fingerprint density at radius 2 is 1.88 bits per heavy atom. The van der Waals surface area contributed by atoms with E-state index < -0.39 is 0 Å². The molecule has 1 atom stereocenters. The third-order valence-electron chi connectivity index (χ3n) is 4.24. The van der Waals surface area contributed by atoms with E-state index in [1.54, 1.807) is 12.4 Å². The highest BCUT2D eigenvalue weighted by molar-refractivity contribution is 5.20. The van der Waals surface area contributed by atoms with E-state index in [0.717, 1.165) is 18.7 Å². The normalized spacial score (nSPS) is 12.5. The minimum Gasteiger partial charge on any atom is -0.298 e. The van der Waals surface area contributed by atoms with Gasteiger partial charge < -0.3 is 0 Å². The second kappa shape index (κ2) is 7.36. The average Bonchev–Trinajstić information content (AvgIpc) is 3.03. The van der Waals surface area contributed by atoms with Crippen LogP contribution < -0.4 is 0 Å². The van der Waals surface area contributed by atoms with Gasteiger partial charge in [-0.1, -0.05) is 0 Å². The maximum absolute atomic E-state index is 4.47. The number of pyridine rings is 1.